The Kier molecular flexibility index (Phi) is 7.95. The van der Waals surface area contributed by atoms with E-state index in [1.54, 1.807) is 0 Å². The van der Waals surface area contributed by atoms with Gasteiger partial charge in [-0.3, -0.25) is 9.59 Å². The zero-order valence-corrected chi connectivity index (χ0v) is 12.4. The van der Waals surface area contributed by atoms with Gasteiger partial charge in [-0.25, -0.2) is 0 Å². The van der Waals surface area contributed by atoms with Gasteiger partial charge in [-0.1, -0.05) is 25.0 Å². The van der Waals surface area contributed by atoms with Crippen LogP contribution < -0.4 is 10.6 Å². The van der Waals surface area contributed by atoms with E-state index in [-0.39, 0.29) is 17.7 Å². The normalized spacial score (nSPS) is 15.1. The van der Waals surface area contributed by atoms with Crippen LogP contribution in [0, 0.1) is 5.92 Å². The van der Waals surface area contributed by atoms with Crippen LogP contribution >= 0.6 is 0 Å². The summed E-state index contributed by atoms with van der Waals surface area (Å²) in [5, 5.41) is 5.58. The van der Waals surface area contributed by atoms with Gasteiger partial charge in [-0.2, -0.15) is 0 Å². The average molecular weight is 282 g/mol. The van der Waals surface area contributed by atoms with Gasteiger partial charge in [-0.05, 0) is 19.8 Å². The number of hydrogen-bond donors (Lipinski definition) is 2. The molecule has 1 fully saturated rings. The van der Waals surface area contributed by atoms with E-state index in [2.05, 4.69) is 17.2 Å². The van der Waals surface area contributed by atoms with Crippen molar-refractivity contribution in [3.8, 4) is 0 Å². The first-order chi connectivity index (χ1) is 9.59. The highest BCUT2D eigenvalue weighted by Gasteiger charge is 2.22. The standard InChI is InChI=1S/C15H26N2O3/c1-12(2)11-20-10-9-16-14(18)7-8-17-15(19)13-5-3-4-6-13/h13H,1,3-11H2,2H3,(H,16,18)(H,17,19). The van der Waals surface area contributed by atoms with Crippen LogP contribution in [0.15, 0.2) is 12.2 Å². The number of hydrogen-bond acceptors (Lipinski definition) is 3. The van der Waals surface area contributed by atoms with Crippen molar-refractivity contribution in [2.24, 2.45) is 5.92 Å². The van der Waals surface area contributed by atoms with Crippen molar-refractivity contribution in [1.82, 2.24) is 10.6 Å². The van der Waals surface area contributed by atoms with Crippen LogP contribution in [0.1, 0.15) is 39.0 Å². The highest BCUT2D eigenvalue weighted by Crippen LogP contribution is 2.24. The first-order valence-electron chi connectivity index (χ1n) is 7.36. The molecule has 5 heteroatoms. The number of rotatable bonds is 9. The second kappa shape index (κ2) is 9.53. The van der Waals surface area contributed by atoms with Crippen molar-refractivity contribution in [3.63, 3.8) is 0 Å². The number of carbonyl (C=O) groups excluding carboxylic acids is 2. The van der Waals surface area contributed by atoms with E-state index in [9.17, 15) is 9.59 Å². The fourth-order valence-electron chi connectivity index (χ4n) is 2.23. The molecule has 0 aromatic heterocycles. The Labute approximate surface area is 121 Å². The third kappa shape index (κ3) is 7.28. The lowest BCUT2D eigenvalue weighted by molar-refractivity contribution is -0.125. The molecule has 0 saturated heterocycles. The lowest BCUT2D eigenvalue weighted by Gasteiger charge is -2.10. The maximum atomic E-state index is 11.7. The Morgan fingerprint density at radius 1 is 1.20 bits per heavy atom. The number of ether oxygens (including phenoxy) is 1. The fraction of sp³-hybridized carbons (Fsp3) is 0.733. The summed E-state index contributed by atoms with van der Waals surface area (Å²) in [5.74, 6) is 0.198. The van der Waals surface area contributed by atoms with E-state index in [1.807, 2.05) is 6.92 Å². The number of amides is 2. The second-order valence-electron chi connectivity index (χ2n) is 5.38. The zero-order valence-electron chi connectivity index (χ0n) is 12.4. The molecule has 0 atom stereocenters. The molecule has 0 spiro atoms. The maximum absolute atomic E-state index is 11.7. The maximum Gasteiger partial charge on any atom is 0.223 e. The summed E-state index contributed by atoms with van der Waals surface area (Å²) in [6, 6.07) is 0. The summed E-state index contributed by atoms with van der Waals surface area (Å²) < 4.78 is 5.27. The third-order valence-corrected chi connectivity index (χ3v) is 3.29. The molecule has 1 aliphatic rings. The van der Waals surface area contributed by atoms with Gasteiger partial charge in [0.25, 0.3) is 0 Å². The molecule has 2 amide bonds. The van der Waals surface area contributed by atoms with Gasteiger partial charge in [0.1, 0.15) is 0 Å². The van der Waals surface area contributed by atoms with E-state index < -0.39 is 0 Å². The molecular formula is C15H26N2O3. The Morgan fingerprint density at radius 2 is 1.90 bits per heavy atom. The molecule has 20 heavy (non-hydrogen) atoms. The van der Waals surface area contributed by atoms with E-state index in [0.717, 1.165) is 31.3 Å². The van der Waals surface area contributed by atoms with Crippen molar-refractivity contribution in [2.45, 2.75) is 39.0 Å². The molecule has 0 aromatic carbocycles. The molecule has 5 nitrogen and oxygen atoms in total. The second-order valence-corrected chi connectivity index (χ2v) is 5.38. The van der Waals surface area contributed by atoms with Gasteiger partial charge in [0.15, 0.2) is 0 Å². The van der Waals surface area contributed by atoms with Crippen molar-refractivity contribution >= 4 is 11.8 Å². The van der Waals surface area contributed by atoms with Crippen LogP contribution in [-0.2, 0) is 14.3 Å². The van der Waals surface area contributed by atoms with Gasteiger partial charge in [0.2, 0.25) is 11.8 Å². The Hall–Kier alpha value is -1.36. The summed E-state index contributed by atoms with van der Waals surface area (Å²) in [6.45, 7) is 7.52. The summed E-state index contributed by atoms with van der Waals surface area (Å²) in [4.78, 5) is 23.2. The van der Waals surface area contributed by atoms with Gasteiger partial charge in [0.05, 0.1) is 13.2 Å². The predicted molar refractivity (Wildman–Crippen MR) is 78.2 cm³/mol. The van der Waals surface area contributed by atoms with Gasteiger partial charge in [0, 0.05) is 25.4 Å². The van der Waals surface area contributed by atoms with E-state index in [1.165, 1.54) is 0 Å². The van der Waals surface area contributed by atoms with Crippen LogP contribution in [0.2, 0.25) is 0 Å². The van der Waals surface area contributed by atoms with Gasteiger partial charge < -0.3 is 15.4 Å². The Balaban J connectivity index is 1.96. The van der Waals surface area contributed by atoms with Crippen LogP contribution in [0.4, 0.5) is 0 Å². The summed E-state index contributed by atoms with van der Waals surface area (Å²) in [6.07, 6.45) is 4.57. The molecule has 1 rings (SSSR count). The SMILES string of the molecule is C=C(C)COCCNC(=O)CCNC(=O)C1CCCC1. The molecule has 0 heterocycles. The molecule has 0 radical (unpaired) electrons. The summed E-state index contributed by atoms with van der Waals surface area (Å²) in [7, 11) is 0. The molecule has 1 aliphatic carbocycles. The van der Waals surface area contributed by atoms with Gasteiger partial charge >= 0.3 is 0 Å². The first kappa shape index (κ1) is 16.7. The fourth-order valence-corrected chi connectivity index (χ4v) is 2.23. The first-order valence-corrected chi connectivity index (χ1v) is 7.36. The van der Waals surface area contributed by atoms with Crippen molar-refractivity contribution < 1.29 is 14.3 Å². The molecule has 2 N–H and O–H groups in total. The number of carbonyl (C=O) groups is 2. The van der Waals surface area contributed by atoms with Crippen molar-refractivity contribution in [2.75, 3.05) is 26.3 Å². The van der Waals surface area contributed by atoms with Crippen LogP contribution in [0.3, 0.4) is 0 Å². The largest absolute Gasteiger partial charge is 0.375 e. The third-order valence-electron chi connectivity index (χ3n) is 3.29. The molecule has 0 bridgehead atoms. The van der Waals surface area contributed by atoms with E-state index in [4.69, 9.17) is 4.74 Å². The molecular weight excluding hydrogens is 256 g/mol. The molecule has 0 aromatic rings. The summed E-state index contributed by atoms with van der Waals surface area (Å²) in [5.41, 5.74) is 0.964. The number of nitrogens with one attached hydrogen (secondary N) is 2. The average Bonchev–Trinajstić information content (AvgIpc) is 2.91. The summed E-state index contributed by atoms with van der Waals surface area (Å²) >= 11 is 0. The highest BCUT2D eigenvalue weighted by atomic mass is 16.5. The van der Waals surface area contributed by atoms with Crippen molar-refractivity contribution in [1.29, 1.82) is 0 Å². The molecule has 0 unspecified atom stereocenters. The molecule has 1 saturated carbocycles. The molecule has 0 aliphatic heterocycles. The quantitative estimate of drug-likeness (QED) is 0.496. The minimum atomic E-state index is -0.0596. The lowest BCUT2D eigenvalue weighted by atomic mass is 10.1. The zero-order chi connectivity index (χ0) is 14.8. The van der Waals surface area contributed by atoms with Crippen LogP contribution in [0.5, 0.6) is 0 Å². The Morgan fingerprint density at radius 3 is 2.55 bits per heavy atom. The smallest absolute Gasteiger partial charge is 0.223 e. The van der Waals surface area contributed by atoms with Crippen molar-refractivity contribution in [3.05, 3.63) is 12.2 Å². The monoisotopic (exact) mass is 282 g/mol. The minimum Gasteiger partial charge on any atom is -0.375 e. The topological polar surface area (TPSA) is 67.4 Å². The minimum absolute atomic E-state index is 0.0596. The predicted octanol–water partition coefficient (Wildman–Crippen LogP) is 1.39. The lowest BCUT2D eigenvalue weighted by Crippen LogP contribution is -2.34. The van der Waals surface area contributed by atoms with E-state index in [0.29, 0.717) is 32.7 Å². The van der Waals surface area contributed by atoms with Crippen LogP contribution in [-0.4, -0.2) is 38.1 Å². The highest BCUT2D eigenvalue weighted by molar-refractivity contribution is 5.80. The Bertz CT molecular complexity index is 336. The van der Waals surface area contributed by atoms with Crippen LogP contribution in [0.25, 0.3) is 0 Å². The van der Waals surface area contributed by atoms with Gasteiger partial charge in [-0.15, -0.1) is 0 Å². The van der Waals surface area contributed by atoms with E-state index >= 15 is 0 Å². The molecule has 114 valence electrons.